The summed E-state index contributed by atoms with van der Waals surface area (Å²) in [5, 5.41) is 12.7. The Hall–Kier alpha value is -1.36. The molecule has 1 aliphatic heterocycles. The highest BCUT2D eigenvalue weighted by Crippen LogP contribution is 2.31. The van der Waals surface area contributed by atoms with Gasteiger partial charge < -0.3 is 9.63 Å². The number of aromatic nitrogens is 1. The van der Waals surface area contributed by atoms with E-state index >= 15 is 0 Å². The van der Waals surface area contributed by atoms with Crippen LogP contribution in [0.4, 0.5) is 0 Å². The molecule has 2 rings (SSSR count). The van der Waals surface area contributed by atoms with E-state index in [4.69, 9.17) is 9.63 Å². The van der Waals surface area contributed by atoms with Crippen LogP contribution >= 0.6 is 0 Å². The number of rotatable bonds is 3. The van der Waals surface area contributed by atoms with Crippen molar-refractivity contribution in [1.29, 1.82) is 0 Å². The number of nitrogens with zero attached hydrogens (tertiary/aromatic N) is 2. The zero-order valence-electron chi connectivity index (χ0n) is 9.35. The Bertz CT molecular complexity index is 353. The molecule has 0 atom stereocenters. The summed E-state index contributed by atoms with van der Waals surface area (Å²) in [6, 6.07) is 1.84. The molecule has 0 aromatic carbocycles. The third kappa shape index (κ3) is 2.24. The van der Waals surface area contributed by atoms with Crippen molar-refractivity contribution in [2.24, 2.45) is 5.41 Å². The summed E-state index contributed by atoms with van der Waals surface area (Å²) in [5.41, 5.74) is -0.558. The van der Waals surface area contributed by atoms with Crippen molar-refractivity contribution in [3.8, 4) is 0 Å². The Morgan fingerprint density at radius 2 is 2.31 bits per heavy atom. The molecular formula is C11H16N2O3. The van der Waals surface area contributed by atoms with E-state index in [-0.39, 0.29) is 0 Å². The molecule has 1 aromatic rings. The Labute approximate surface area is 94.0 Å². The number of carboxylic acids is 1. The Kier molecular flexibility index (Phi) is 2.96. The lowest BCUT2D eigenvalue weighted by Crippen LogP contribution is -2.42. The minimum Gasteiger partial charge on any atom is -0.481 e. The highest BCUT2D eigenvalue weighted by atomic mass is 16.5. The van der Waals surface area contributed by atoms with Crippen molar-refractivity contribution in [2.45, 2.75) is 26.3 Å². The van der Waals surface area contributed by atoms with Gasteiger partial charge >= 0.3 is 5.97 Å². The van der Waals surface area contributed by atoms with E-state index in [0.717, 1.165) is 25.4 Å². The van der Waals surface area contributed by atoms with E-state index in [1.165, 1.54) is 0 Å². The number of piperidine rings is 1. The molecular weight excluding hydrogens is 208 g/mol. The van der Waals surface area contributed by atoms with Crippen molar-refractivity contribution < 1.29 is 14.4 Å². The van der Waals surface area contributed by atoms with Crippen LogP contribution < -0.4 is 0 Å². The molecule has 0 bridgehead atoms. The monoisotopic (exact) mass is 224 g/mol. The standard InChI is InChI=1S/C11H16N2O3/c1-11(10(14)15)3-6-13(7-4-11)8-9-2-5-12-16-9/h2,5H,3-4,6-8H2,1H3,(H,14,15). The van der Waals surface area contributed by atoms with E-state index in [1.807, 2.05) is 13.0 Å². The smallest absolute Gasteiger partial charge is 0.309 e. The Morgan fingerprint density at radius 1 is 1.62 bits per heavy atom. The summed E-state index contributed by atoms with van der Waals surface area (Å²) >= 11 is 0. The Balaban J connectivity index is 1.88. The predicted octanol–water partition coefficient (Wildman–Crippen LogP) is 1.36. The summed E-state index contributed by atoms with van der Waals surface area (Å²) in [6.45, 7) is 4.13. The average molecular weight is 224 g/mol. The van der Waals surface area contributed by atoms with Crippen LogP contribution in [-0.2, 0) is 11.3 Å². The van der Waals surface area contributed by atoms with Crippen LogP contribution in [0.5, 0.6) is 0 Å². The summed E-state index contributed by atoms with van der Waals surface area (Å²) < 4.78 is 5.03. The lowest BCUT2D eigenvalue weighted by molar-refractivity contribution is -0.150. The van der Waals surface area contributed by atoms with Gasteiger partial charge in [-0.3, -0.25) is 9.69 Å². The summed E-state index contributed by atoms with van der Waals surface area (Å²) in [4.78, 5) is 13.3. The number of carboxylic acid groups (broad SMARTS) is 1. The molecule has 88 valence electrons. The molecule has 5 nitrogen and oxygen atoms in total. The number of hydrogen-bond donors (Lipinski definition) is 1. The number of carbonyl (C=O) groups is 1. The molecule has 1 N–H and O–H groups in total. The van der Waals surface area contributed by atoms with Crippen LogP contribution in [0, 0.1) is 5.41 Å². The zero-order chi connectivity index (χ0) is 11.6. The van der Waals surface area contributed by atoms with Gasteiger partial charge in [0, 0.05) is 6.07 Å². The third-order valence-corrected chi connectivity index (χ3v) is 3.35. The van der Waals surface area contributed by atoms with Crippen molar-refractivity contribution in [2.75, 3.05) is 13.1 Å². The fourth-order valence-electron chi connectivity index (χ4n) is 1.96. The normalized spacial score (nSPS) is 20.8. The fraction of sp³-hybridized carbons (Fsp3) is 0.636. The molecule has 0 unspecified atom stereocenters. The molecule has 0 amide bonds. The predicted molar refractivity (Wildman–Crippen MR) is 56.8 cm³/mol. The number of aliphatic carboxylic acids is 1. The van der Waals surface area contributed by atoms with Crippen LogP contribution in [0.25, 0.3) is 0 Å². The topological polar surface area (TPSA) is 66.6 Å². The van der Waals surface area contributed by atoms with Gasteiger partial charge in [-0.15, -0.1) is 0 Å². The number of hydrogen-bond acceptors (Lipinski definition) is 4. The Morgan fingerprint density at radius 3 is 2.81 bits per heavy atom. The molecule has 1 saturated heterocycles. The van der Waals surface area contributed by atoms with Gasteiger partial charge in [0.15, 0.2) is 5.76 Å². The third-order valence-electron chi connectivity index (χ3n) is 3.35. The lowest BCUT2D eigenvalue weighted by atomic mass is 9.80. The van der Waals surface area contributed by atoms with E-state index in [9.17, 15) is 4.79 Å². The van der Waals surface area contributed by atoms with Crippen molar-refractivity contribution in [1.82, 2.24) is 10.1 Å². The number of likely N-dealkylation sites (tertiary alicyclic amines) is 1. The van der Waals surface area contributed by atoms with Crippen molar-refractivity contribution in [3.05, 3.63) is 18.0 Å². The summed E-state index contributed by atoms with van der Waals surface area (Å²) in [6.07, 6.45) is 3.01. The van der Waals surface area contributed by atoms with Gasteiger partial charge in [-0.25, -0.2) is 0 Å². The largest absolute Gasteiger partial charge is 0.481 e. The van der Waals surface area contributed by atoms with Gasteiger partial charge in [0.1, 0.15) is 0 Å². The molecule has 0 saturated carbocycles. The molecule has 5 heteroatoms. The first-order chi connectivity index (χ1) is 7.60. The van der Waals surface area contributed by atoms with Gasteiger partial charge in [0.05, 0.1) is 18.2 Å². The molecule has 1 aliphatic rings. The second kappa shape index (κ2) is 4.25. The second-order valence-electron chi connectivity index (χ2n) is 4.62. The second-order valence-corrected chi connectivity index (χ2v) is 4.62. The maximum absolute atomic E-state index is 11.1. The first kappa shape index (κ1) is 11.1. The van der Waals surface area contributed by atoms with E-state index < -0.39 is 11.4 Å². The van der Waals surface area contributed by atoms with E-state index in [1.54, 1.807) is 6.20 Å². The van der Waals surface area contributed by atoms with Crippen LogP contribution in [0.2, 0.25) is 0 Å². The first-order valence-electron chi connectivity index (χ1n) is 5.45. The van der Waals surface area contributed by atoms with Gasteiger partial charge in [-0.2, -0.15) is 0 Å². The molecule has 0 spiro atoms. The van der Waals surface area contributed by atoms with E-state index in [2.05, 4.69) is 10.1 Å². The summed E-state index contributed by atoms with van der Waals surface area (Å²) in [5.74, 6) is 0.144. The minimum absolute atomic E-state index is 0.558. The lowest BCUT2D eigenvalue weighted by Gasteiger charge is -2.35. The molecule has 1 aromatic heterocycles. The minimum atomic E-state index is -0.688. The van der Waals surface area contributed by atoms with Crippen molar-refractivity contribution in [3.63, 3.8) is 0 Å². The average Bonchev–Trinajstić information content (AvgIpc) is 2.74. The maximum atomic E-state index is 11.1. The van der Waals surface area contributed by atoms with Gasteiger partial charge in [-0.05, 0) is 32.9 Å². The van der Waals surface area contributed by atoms with Crippen LogP contribution in [0.15, 0.2) is 16.8 Å². The molecule has 0 aliphatic carbocycles. The SMILES string of the molecule is CC1(C(=O)O)CCN(Cc2ccno2)CC1. The van der Waals surface area contributed by atoms with Crippen LogP contribution in [-0.4, -0.2) is 34.2 Å². The highest BCUT2D eigenvalue weighted by Gasteiger charge is 2.36. The van der Waals surface area contributed by atoms with Gasteiger partial charge in [-0.1, -0.05) is 5.16 Å². The molecule has 16 heavy (non-hydrogen) atoms. The van der Waals surface area contributed by atoms with Gasteiger partial charge in [0.25, 0.3) is 0 Å². The highest BCUT2D eigenvalue weighted by molar-refractivity contribution is 5.74. The zero-order valence-corrected chi connectivity index (χ0v) is 9.35. The molecule has 1 fully saturated rings. The van der Waals surface area contributed by atoms with E-state index in [0.29, 0.717) is 12.8 Å². The summed E-state index contributed by atoms with van der Waals surface area (Å²) in [7, 11) is 0. The quantitative estimate of drug-likeness (QED) is 0.839. The van der Waals surface area contributed by atoms with Crippen LogP contribution in [0.1, 0.15) is 25.5 Å². The van der Waals surface area contributed by atoms with Crippen LogP contribution in [0.3, 0.4) is 0 Å². The van der Waals surface area contributed by atoms with Gasteiger partial charge in [0.2, 0.25) is 0 Å². The fourth-order valence-corrected chi connectivity index (χ4v) is 1.96. The first-order valence-corrected chi connectivity index (χ1v) is 5.45. The molecule has 2 heterocycles. The van der Waals surface area contributed by atoms with Crippen molar-refractivity contribution >= 4 is 5.97 Å². The molecule has 0 radical (unpaired) electrons. The maximum Gasteiger partial charge on any atom is 0.309 e.